The van der Waals surface area contributed by atoms with Crippen LogP contribution in [0.1, 0.15) is 19.8 Å². The van der Waals surface area contributed by atoms with Gasteiger partial charge in [-0.1, -0.05) is 0 Å². The molecule has 12 heavy (non-hydrogen) atoms. The Bertz CT molecular complexity index is 177. The third-order valence-corrected chi connectivity index (χ3v) is 3.09. The van der Waals surface area contributed by atoms with Crippen molar-refractivity contribution in [2.45, 2.75) is 32.0 Å². The molecule has 0 radical (unpaired) electrons. The lowest BCUT2D eigenvalue weighted by molar-refractivity contribution is 0.118. The van der Waals surface area contributed by atoms with Crippen molar-refractivity contribution in [3.63, 3.8) is 0 Å². The minimum Gasteiger partial charge on any atom is -0.392 e. The molecule has 0 amide bonds. The molecule has 1 saturated carbocycles. The van der Waals surface area contributed by atoms with Crippen LogP contribution in [0.4, 0.5) is 0 Å². The molecule has 0 aromatic heterocycles. The smallest absolute Gasteiger partial charge is 0.0735 e. The van der Waals surface area contributed by atoms with Gasteiger partial charge in [0.25, 0.3) is 0 Å². The molecule has 3 nitrogen and oxygen atoms in total. The van der Waals surface area contributed by atoms with Gasteiger partial charge >= 0.3 is 0 Å². The van der Waals surface area contributed by atoms with Crippen LogP contribution < -0.4 is 0 Å². The van der Waals surface area contributed by atoms with Crippen molar-refractivity contribution in [3.05, 3.63) is 0 Å². The fraction of sp³-hybridized carbons (Fsp3) is 1.00. The first-order valence-electron chi connectivity index (χ1n) is 4.71. The van der Waals surface area contributed by atoms with Crippen molar-refractivity contribution in [2.24, 2.45) is 5.41 Å². The van der Waals surface area contributed by atoms with Crippen molar-refractivity contribution in [1.82, 2.24) is 4.90 Å². The van der Waals surface area contributed by atoms with Gasteiger partial charge in [0.15, 0.2) is 0 Å². The maximum absolute atomic E-state index is 9.68. The highest BCUT2D eigenvalue weighted by atomic mass is 16.3. The van der Waals surface area contributed by atoms with Crippen molar-refractivity contribution in [3.8, 4) is 0 Å². The van der Waals surface area contributed by atoms with E-state index < -0.39 is 0 Å². The van der Waals surface area contributed by atoms with Gasteiger partial charge < -0.3 is 10.2 Å². The lowest BCUT2D eigenvalue weighted by Gasteiger charge is -2.16. The first-order chi connectivity index (χ1) is 5.62. The Morgan fingerprint density at radius 1 is 1.58 bits per heavy atom. The number of rotatable bonds is 2. The predicted octanol–water partition coefficient (Wildman–Crippen LogP) is -0.176. The van der Waals surface area contributed by atoms with Crippen LogP contribution in [-0.4, -0.2) is 47.0 Å². The van der Waals surface area contributed by atoms with Crippen molar-refractivity contribution < 1.29 is 10.2 Å². The van der Waals surface area contributed by atoms with Crippen molar-refractivity contribution >= 4 is 0 Å². The van der Waals surface area contributed by atoms with Crippen LogP contribution in [0.25, 0.3) is 0 Å². The zero-order valence-electron chi connectivity index (χ0n) is 7.53. The van der Waals surface area contributed by atoms with Crippen LogP contribution >= 0.6 is 0 Å². The quantitative estimate of drug-likeness (QED) is 0.606. The molecule has 0 bridgehead atoms. The van der Waals surface area contributed by atoms with E-state index in [-0.39, 0.29) is 17.6 Å². The summed E-state index contributed by atoms with van der Waals surface area (Å²) in [6.07, 6.45) is 1.93. The molecular formula is C9H17NO2. The molecule has 2 aliphatic rings. The Morgan fingerprint density at radius 3 is 2.67 bits per heavy atom. The zero-order valence-corrected chi connectivity index (χ0v) is 7.53. The van der Waals surface area contributed by atoms with Gasteiger partial charge in [0.05, 0.1) is 12.2 Å². The molecule has 0 aromatic rings. The molecule has 3 heteroatoms. The lowest BCUT2D eigenvalue weighted by atomic mass is 10.0. The summed E-state index contributed by atoms with van der Waals surface area (Å²) in [5, 5.41) is 18.8. The molecule has 1 aliphatic heterocycles. The SMILES string of the molecule is CC(O)CN1CC(O)C2(CC2)C1. The van der Waals surface area contributed by atoms with E-state index in [4.69, 9.17) is 5.11 Å². The molecule has 1 aliphatic carbocycles. The number of aliphatic hydroxyl groups is 2. The van der Waals surface area contributed by atoms with Gasteiger partial charge in [-0.05, 0) is 19.8 Å². The van der Waals surface area contributed by atoms with Gasteiger partial charge in [-0.3, -0.25) is 4.90 Å². The van der Waals surface area contributed by atoms with Gasteiger partial charge in [-0.2, -0.15) is 0 Å². The standard InChI is InChI=1S/C9H17NO2/c1-7(11)4-10-5-8(12)9(6-10)2-3-9/h7-8,11-12H,2-6H2,1H3. The molecule has 70 valence electrons. The highest BCUT2D eigenvalue weighted by molar-refractivity contribution is 5.06. The summed E-state index contributed by atoms with van der Waals surface area (Å²) in [4.78, 5) is 2.17. The average molecular weight is 171 g/mol. The highest BCUT2D eigenvalue weighted by Crippen LogP contribution is 2.52. The molecular weight excluding hydrogens is 154 g/mol. The van der Waals surface area contributed by atoms with E-state index in [9.17, 15) is 5.11 Å². The summed E-state index contributed by atoms with van der Waals surface area (Å²) in [7, 11) is 0. The van der Waals surface area contributed by atoms with Crippen LogP contribution in [0.15, 0.2) is 0 Å². The first-order valence-corrected chi connectivity index (χ1v) is 4.71. The normalized spacial score (nSPS) is 35.8. The van der Waals surface area contributed by atoms with E-state index in [1.165, 1.54) is 12.8 Å². The summed E-state index contributed by atoms with van der Waals surface area (Å²) in [5.74, 6) is 0. The van der Waals surface area contributed by atoms with E-state index in [0.29, 0.717) is 6.54 Å². The third-order valence-electron chi connectivity index (χ3n) is 3.09. The zero-order chi connectivity index (χ0) is 8.77. The summed E-state index contributed by atoms with van der Waals surface area (Å²) in [6.45, 7) is 4.24. The summed E-state index contributed by atoms with van der Waals surface area (Å²) in [5.41, 5.74) is 0.231. The van der Waals surface area contributed by atoms with Gasteiger partial charge in [-0.15, -0.1) is 0 Å². The Labute approximate surface area is 73.0 Å². The average Bonchev–Trinajstić information content (AvgIpc) is 2.60. The molecule has 1 heterocycles. The van der Waals surface area contributed by atoms with Gasteiger partial charge in [0.1, 0.15) is 0 Å². The Morgan fingerprint density at radius 2 is 2.25 bits per heavy atom. The van der Waals surface area contributed by atoms with Crippen LogP contribution in [0.3, 0.4) is 0 Å². The van der Waals surface area contributed by atoms with Crippen molar-refractivity contribution in [1.29, 1.82) is 0 Å². The van der Waals surface area contributed by atoms with E-state index in [1.54, 1.807) is 6.92 Å². The first kappa shape index (κ1) is 8.48. The highest BCUT2D eigenvalue weighted by Gasteiger charge is 2.54. The number of hydrogen-bond acceptors (Lipinski definition) is 3. The Balaban J connectivity index is 1.89. The summed E-state index contributed by atoms with van der Waals surface area (Å²) < 4.78 is 0. The van der Waals surface area contributed by atoms with Gasteiger partial charge in [-0.25, -0.2) is 0 Å². The topological polar surface area (TPSA) is 43.7 Å². The van der Waals surface area contributed by atoms with E-state index in [0.717, 1.165) is 13.1 Å². The number of nitrogens with zero attached hydrogens (tertiary/aromatic N) is 1. The molecule has 2 fully saturated rings. The fourth-order valence-electron chi connectivity index (χ4n) is 2.22. The molecule has 0 aromatic carbocycles. The monoisotopic (exact) mass is 171 g/mol. The summed E-state index contributed by atoms with van der Waals surface area (Å²) >= 11 is 0. The van der Waals surface area contributed by atoms with Crippen molar-refractivity contribution in [2.75, 3.05) is 19.6 Å². The Hall–Kier alpha value is -0.120. The van der Waals surface area contributed by atoms with Gasteiger partial charge in [0.2, 0.25) is 0 Å². The number of likely N-dealkylation sites (tertiary alicyclic amines) is 1. The van der Waals surface area contributed by atoms with E-state index >= 15 is 0 Å². The minimum atomic E-state index is -0.272. The third kappa shape index (κ3) is 1.37. The molecule has 1 spiro atoms. The second-order valence-electron chi connectivity index (χ2n) is 4.42. The lowest BCUT2D eigenvalue weighted by Crippen LogP contribution is -2.29. The molecule has 2 unspecified atom stereocenters. The maximum atomic E-state index is 9.68. The molecule has 2 N–H and O–H groups in total. The minimum absolute atomic E-state index is 0.142. The van der Waals surface area contributed by atoms with Crippen LogP contribution in [-0.2, 0) is 0 Å². The fourth-order valence-corrected chi connectivity index (χ4v) is 2.22. The van der Waals surface area contributed by atoms with E-state index in [1.807, 2.05) is 0 Å². The maximum Gasteiger partial charge on any atom is 0.0735 e. The van der Waals surface area contributed by atoms with Crippen LogP contribution in [0.2, 0.25) is 0 Å². The summed E-state index contributed by atoms with van der Waals surface area (Å²) in [6, 6.07) is 0. The van der Waals surface area contributed by atoms with E-state index in [2.05, 4.69) is 4.90 Å². The predicted molar refractivity (Wildman–Crippen MR) is 45.8 cm³/mol. The van der Waals surface area contributed by atoms with Crippen LogP contribution in [0.5, 0.6) is 0 Å². The second-order valence-corrected chi connectivity index (χ2v) is 4.42. The molecule has 2 rings (SSSR count). The van der Waals surface area contributed by atoms with Crippen LogP contribution in [0, 0.1) is 5.41 Å². The number of aliphatic hydroxyl groups excluding tert-OH is 2. The largest absolute Gasteiger partial charge is 0.392 e. The Kier molecular flexibility index (Phi) is 1.90. The second kappa shape index (κ2) is 2.69. The van der Waals surface area contributed by atoms with Gasteiger partial charge in [0, 0.05) is 25.0 Å². The molecule has 2 atom stereocenters. The molecule has 1 saturated heterocycles. The number of hydrogen-bond donors (Lipinski definition) is 2. The number of β-amino-alcohol motifs (C(OH)–C–C–N with tert-alkyl or cyclic N) is 2.